The lowest BCUT2D eigenvalue weighted by molar-refractivity contribution is 0.376. The Morgan fingerprint density at radius 3 is 2.89 bits per heavy atom. The number of piperidine rings is 1. The van der Waals surface area contributed by atoms with Crippen molar-refractivity contribution >= 4 is 37.6 Å². The zero-order valence-electron chi connectivity index (χ0n) is 10.3. The van der Waals surface area contributed by atoms with Crippen LogP contribution >= 0.6 is 27.5 Å². The van der Waals surface area contributed by atoms with Crippen LogP contribution in [0.2, 0.25) is 5.02 Å². The van der Waals surface area contributed by atoms with Crippen LogP contribution in [-0.4, -0.2) is 28.1 Å². The van der Waals surface area contributed by atoms with Gasteiger partial charge in [-0.1, -0.05) is 27.5 Å². The molecule has 1 atom stereocenters. The van der Waals surface area contributed by atoms with E-state index in [0.29, 0.717) is 12.5 Å². The standard InChI is InChI=1S/C12H16BrClN2O2S/c13-10-3-4-12(11(14)6-10)19(17,18)16-8-9-2-1-5-15-7-9/h3-4,6,9,15-16H,1-2,5,7-8H2. The van der Waals surface area contributed by atoms with E-state index in [4.69, 9.17) is 11.6 Å². The maximum atomic E-state index is 12.2. The van der Waals surface area contributed by atoms with Crippen LogP contribution in [0.1, 0.15) is 12.8 Å². The van der Waals surface area contributed by atoms with Crippen molar-refractivity contribution in [2.24, 2.45) is 5.92 Å². The van der Waals surface area contributed by atoms with Crippen molar-refractivity contribution in [3.8, 4) is 0 Å². The molecule has 0 saturated carbocycles. The highest BCUT2D eigenvalue weighted by molar-refractivity contribution is 9.10. The van der Waals surface area contributed by atoms with Gasteiger partial charge in [0.25, 0.3) is 0 Å². The Kier molecular flexibility index (Phi) is 5.25. The van der Waals surface area contributed by atoms with Crippen LogP contribution in [0.15, 0.2) is 27.6 Å². The molecule has 0 aromatic heterocycles. The molecule has 1 aromatic rings. The summed E-state index contributed by atoms with van der Waals surface area (Å²) in [5.74, 6) is 0.345. The largest absolute Gasteiger partial charge is 0.316 e. The minimum absolute atomic E-state index is 0.126. The molecule has 2 rings (SSSR count). The van der Waals surface area contributed by atoms with E-state index < -0.39 is 10.0 Å². The lowest BCUT2D eigenvalue weighted by Crippen LogP contribution is -2.38. The summed E-state index contributed by atoms with van der Waals surface area (Å²) >= 11 is 9.23. The highest BCUT2D eigenvalue weighted by Crippen LogP contribution is 2.25. The van der Waals surface area contributed by atoms with Gasteiger partial charge >= 0.3 is 0 Å². The third-order valence-electron chi connectivity index (χ3n) is 3.14. The molecule has 1 aromatic carbocycles. The van der Waals surface area contributed by atoms with Crippen molar-refractivity contribution in [2.75, 3.05) is 19.6 Å². The third-order valence-corrected chi connectivity index (χ3v) is 5.54. The Hall–Kier alpha value is -0.140. The summed E-state index contributed by atoms with van der Waals surface area (Å²) in [6.45, 7) is 2.32. The van der Waals surface area contributed by atoms with Crippen LogP contribution in [0.4, 0.5) is 0 Å². The molecule has 1 heterocycles. The first kappa shape index (κ1) is 15.3. The zero-order valence-corrected chi connectivity index (χ0v) is 13.5. The maximum Gasteiger partial charge on any atom is 0.242 e. The first-order chi connectivity index (χ1) is 8.99. The van der Waals surface area contributed by atoms with Gasteiger partial charge in [0, 0.05) is 11.0 Å². The van der Waals surface area contributed by atoms with E-state index in [2.05, 4.69) is 26.0 Å². The Balaban J connectivity index is 2.05. The molecule has 1 aliphatic rings. The fraction of sp³-hybridized carbons (Fsp3) is 0.500. The SMILES string of the molecule is O=S(=O)(NCC1CCCNC1)c1ccc(Br)cc1Cl. The number of rotatable bonds is 4. The molecule has 1 unspecified atom stereocenters. The van der Waals surface area contributed by atoms with Gasteiger partial charge in [0.2, 0.25) is 10.0 Å². The molecular weight excluding hydrogens is 352 g/mol. The Morgan fingerprint density at radius 1 is 1.47 bits per heavy atom. The number of halogens is 2. The molecule has 0 amide bonds. The summed E-state index contributed by atoms with van der Waals surface area (Å²) in [5.41, 5.74) is 0. The highest BCUT2D eigenvalue weighted by atomic mass is 79.9. The lowest BCUT2D eigenvalue weighted by atomic mass is 10.0. The average molecular weight is 368 g/mol. The van der Waals surface area contributed by atoms with E-state index in [0.717, 1.165) is 30.4 Å². The minimum Gasteiger partial charge on any atom is -0.316 e. The molecule has 2 N–H and O–H groups in total. The molecule has 0 bridgehead atoms. The summed E-state index contributed by atoms with van der Waals surface area (Å²) in [6.07, 6.45) is 2.13. The number of sulfonamides is 1. The predicted octanol–water partition coefficient (Wildman–Crippen LogP) is 2.38. The smallest absolute Gasteiger partial charge is 0.242 e. The normalized spacial score (nSPS) is 20.4. The Morgan fingerprint density at radius 2 is 2.26 bits per heavy atom. The molecule has 1 aliphatic heterocycles. The zero-order chi connectivity index (χ0) is 13.9. The summed E-state index contributed by atoms with van der Waals surface area (Å²) in [5, 5.41) is 3.49. The van der Waals surface area contributed by atoms with Crippen molar-refractivity contribution in [3.05, 3.63) is 27.7 Å². The van der Waals surface area contributed by atoms with Gasteiger partial charge in [0.1, 0.15) is 4.90 Å². The van der Waals surface area contributed by atoms with Gasteiger partial charge in [-0.3, -0.25) is 0 Å². The summed E-state index contributed by atoms with van der Waals surface area (Å²) < 4.78 is 27.7. The maximum absolute atomic E-state index is 12.2. The monoisotopic (exact) mass is 366 g/mol. The second kappa shape index (κ2) is 6.54. The number of benzene rings is 1. The second-order valence-electron chi connectivity index (χ2n) is 4.64. The first-order valence-corrected chi connectivity index (χ1v) is 8.80. The van der Waals surface area contributed by atoms with E-state index in [-0.39, 0.29) is 9.92 Å². The average Bonchev–Trinajstić information content (AvgIpc) is 2.37. The van der Waals surface area contributed by atoms with Gasteiger partial charge in [0.15, 0.2) is 0 Å². The summed E-state index contributed by atoms with van der Waals surface area (Å²) in [4.78, 5) is 0.126. The van der Waals surface area contributed by atoms with Crippen molar-refractivity contribution < 1.29 is 8.42 Å². The molecule has 0 aliphatic carbocycles. The number of hydrogen-bond acceptors (Lipinski definition) is 3. The minimum atomic E-state index is -3.54. The fourth-order valence-electron chi connectivity index (χ4n) is 2.10. The van der Waals surface area contributed by atoms with E-state index in [9.17, 15) is 8.42 Å². The molecule has 0 spiro atoms. The Labute approximate surface area is 127 Å². The van der Waals surface area contributed by atoms with Gasteiger partial charge in [0.05, 0.1) is 5.02 Å². The van der Waals surface area contributed by atoms with E-state index in [1.54, 1.807) is 12.1 Å². The topological polar surface area (TPSA) is 58.2 Å². The van der Waals surface area contributed by atoms with E-state index >= 15 is 0 Å². The van der Waals surface area contributed by atoms with Gasteiger partial charge in [-0.15, -0.1) is 0 Å². The molecule has 0 radical (unpaired) electrons. The first-order valence-electron chi connectivity index (χ1n) is 6.14. The van der Waals surface area contributed by atoms with Crippen molar-refractivity contribution in [2.45, 2.75) is 17.7 Å². The predicted molar refractivity (Wildman–Crippen MR) is 79.9 cm³/mol. The molecule has 7 heteroatoms. The molecule has 1 saturated heterocycles. The lowest BCUT2D eigenvalue weighted by Gasteiger charge is -2.22. The van der Waals surface area contributed by atoms with E-state index in [1.165, 1.54) is 6.07 Å². The van der Waals surface area contributed by atoms with Gasteiger partial charge in [-0.2, -0.15) is 0 Å². The molecule has 19 heavy (non-hydrogen) atoms. The van der Waals surface area contributed by atoms with Crippen LogP contribution in [0.25, 0.3) is 0 Å². The summed E-state index contributed by atoms with van der Waals surface area (Å²) in [6, 6.07) is 4.76. The second-order valence-corrected chi connectivity index (χ2v) is 7.70. The van der Waals surface area contributed by atoms with Crippen LogP contribution in [0, 0.1) is 5.92 Å². The van der Waals surface area contributed by atoms with E-state index in [1.807, 2.05) is 0 Å². The van der Waals surface area contributed by atoms with Gasteiger partial charge in [-0.05, 0) is 50.0 Å². The van der Waals surface area contributed by atoms with Crippen LogP contribution in [-0.2, 0) is 10.0 Å². The van der Waals surface area contributed by atoms with Crippen molar-refractivity contribution in [3.63, 3.8) is 0 Å². The molecule has 1 fully saturated rings. The van der Waals surface area contributed by atoms with Crippen molar-refractivity contribution in [1.82, 2.24) is 10.0 Å². The van der Waals surface area contributed by atoms with Crippen LogP contribution < -0.4 is 10.0 Å². The molecule has 106 valence electrons. The van der Waals surface area contributed by atoms with Gasteiger partial charge < -0.3 is 5.32 Å². The van der Waals surface area contributed by atoms with Crippen LogP contribution in [0.5, 0.6) is 0 Å². The number of nitrogens with one attached hydrogen (secondary N) is 2. The highest BCUT2D eigenvalue weighted by Gasteiger charge is 2.20. The fourth-order valence-corrected chi connectivity index (χ4v) is 4.25. The molecular formula is C12H16BrClN2O2S. The third kappa shape index (κ3) is 4.16. The molecule has 4 nitrogen and oxygen atoms in total. The summed E-state index contributed by atoms with van der Waals surface area (Å²) in [7, 11) is -3.54. The van der Waals surface area contributed by atoms with Crippen LogP contribution in [0.3, 0.4) is 0 Å². The number of hydrogen-bond donors (Lipinski definition) is 2. The van der Waals surface area contributed by atoms with Gasteiger partial charge in [-0.25, -0.2) is 13.1 Å². The Bertz CT molecular complexity index is 545. The quantitative estimate of drug-likeness (QED) is 0.859. The van der Waals surface area contributed by atoms with Crippen molar-refractivity contribution in [1.29, 1.82) is 0 Å².